The number of unbranched alkanes of at least 4 members (excludes halogenated alkanes) is 8. The van der Waals surface area contributed by atoms with Crippen LogP contribution >= 0.6 is 0 Å². The third-order valence-corrected chi connectivity index (χ3v) is 4.08. The van der Waals surface area contributed by atoms with E-state index in [1.807, 2.05) is 6.20 Å². The quantitative estimate of drug-likeness (QED) is 0.401. The summed E-state index contributed by atoms with van der Waals surface area (Å²) in [5.74, 6) is 0. The van der Waals surface area contributed by atoms with Gasteiger partial charge in [0.05, 0.1) is 0 Å². The standard InChI is InChI=1S/C19H40N4/c1-3-23(17-13-9-5-7-11-15-21)19-18-22(2)16-12-8-4-6-10-14-20/h3,18-19H,1,4-17,20-21H2,2H3/b19-18-. The van der Waals surface area contributed by atoms with E-state index in [0.29, 0.717) is 0 Å². The molecule has 136 valence electrons. The minimum atomic E-state index is 0.820. The molecule has 0 rings (SSSR count). The van der Waals surface area contributed by atoms with Gasteiger partial charge in [0.15, 0.2) is 0 Å². The molecule has 23 heavy (non-hydrogen) atoms. The maximum absolute atomic E-state index is 5.51. The van der Waals surface area contributed by atoms with Crippen LogP contribution in [0.4, 0.5) is 0 Å². The zero-order valence-electron chi connectivity index (χ0n) is 15.4. The number of hydrogen-bond donors (Lipinski definition) is 2. The molecule has 0 radical (unpaired) electrons. The van der Waals surface area contributed by atoms with Crippen LogP contribution in [0.15, 0.2) is 25.2 Å². The van der Waals surface area contributed by atoms with E-state index in [-0.39, 0.29) is 0 Å². The Labute approximate surface area is 144 Å². The average molecular weight is 325 g/mol. The number of hydrogen-bond acceptors (Lipinski definition) is 4. The summed E-state index contributed by atoms with van der Waals surface area (Å²) in [6.45, 7) is 7.71. The SMILES string of the molecule is C=CN(/C=C\N(C)CCCCCCCN)CCCCCCCN. The monoisotopic (exact) mass is 324 g/mol. The van der Waals surface area contributed by atoms with Gasteiger partial charge in [-0.15, -0.1) is 0 Å². The number of nitrogens with zero attached hydrogens (tertiary/aromatic N) is 2. The van der Waals surface area contributed by atoms with Gasteiger partial charge in [-0.2, -0.15) is 0 Å². The molecule has 4 nitrogen and oxygen atoms in total. The molecular weight excluding hydrogens is 284 g/mol. The molecular formula is C19H40N4. The molecule has 0 aliphatic rings. The van der Waals surface area contributed by atoms with Crippen molar-refractivity contribution in [2.24, 2.45) is 11.5 Å². The normalized spacial score (nSPS) is 11.1. The maximum Gasteiger partial charge on any atom is 0.0219 e. The molecule has 0 unspecified atom stereocenters. The average Bonchev–Trinajstić information content (AvgIpc) is 2.56. The van der Waals surface area contributed by atoms with Crippen LogP contribution in [-0.4, -0.2) is 43.0 Å². The minimum absolute atomic E-state index is 0.820. The first-order chi connectivity index (χ1) is 11.2. The van der Waals surface area contributed by atoms with E-state index < -0.39 is 0 Å². The lowest BCUT2D eigenvalue weighted by Gasteiger charge is -2.18. The van der Waals surface area contributed by atoms with Crippen LogP contribution in [-0.2, 0) is 0 Å². The molecule has 0 aromatic rings. The molecule has 4 N–H and O–H groups in total. The summed E-state index contributed by atoms with van der Waals surface area (Å²) in [4.78, 5) is 4.45. The molecule has 0 bridgehead atoms. The summed E-state index contributed by atoms with van der Waals surface area (Å²) >= 11 is 0. The Kier molecular flexibility index (Phi) is 16.6. The Morgan fingerprint density at radius 3 is 1.70 bits per heavy atom. The van der Waals surface area contributed by atoms with E-state index in [2.05, 4.69) is 35.8 Å². The van der Waals surface area contributed by atoms with Crippen molar-refractivity contribution in [3.8, 4) is 0 Å². The van der Waals surface area contributed by atoms with Crippen LogP contribution in [0.5, 0.6) is 0 Å². The second-order valence-electron chi connectivity index (χ2n) is 6.31. The molecule has 0 heterocycles. The van der Waals surface area contributed by atoms with Crippen LogP contribution < -0.4 is 11.5 Å². The molecule has 0 aromatic heterocycles. The predicted octanol–water partition coefficient (Wildman–Crippen LogP) is 3.65. The van der Waals surface area contributed by atoms with Crippen LogP contribution in [0.1, 0.15) is 64.2 Å². The van der Waals surface area contributed by atoms with Crippen LogP contribution in [0.25, 0.3) is 0 Å². The molecule has 0 aliphatic carbocycles. The summed E-state index contributed by atoms with van der Waals surface area (Å²) in [5, 5.41) is 0. The first-order valence-electron chi connectivity index (χ1n) is 9.41. The van der Waals surface area contributed by atoms with E-state index in [1.54, 1.807) is 0 Å². The van der Waals surface area contributed by atoms with Gasteiger partial charge in [-0.05, 0) is 45.0 Å². The van der Waals surface area contributed by atoms with Crippen molar-refractivity contribution in [1.82, 2.24) is 9.80 Å². The van der Waals surface area contributed by atoms with Gasteiger partial charge in [-0.3, -0.25) is 0 Å². The molecule has 0 spiro atoms. The van der Waals surface area contributed by atoms with Gasteiger partial charge in [0.25, 0.3) is 0 Å². The fourth-order valence-electron chi connectivity index (χ4n) is 2.51. The van der Waals surface area contributed by atoms with Gasteiger partial charge >= 0.3 is 0 Å². The van der Waals surface area contributed by atoms with Crippen molar-refractivity contribution in [2.45, 2.75) is 64.2 Å². The fourth-order valence-corrected chi connectivity index (χ4v) is 2.51. The topological polar surface area (TPSA) is 58.5 Å². The summed E-state index contributed by atoms with van der Waals surface area (Å²) in [5.41, 5.74) is 11.0. The highest BCUT2D eigenvalue weighted by Gasteiger charge is 1.97. The van der Waals surface area contributed by atoms with Crippen molar-refractivity contribution >= 4 is 0 Å². The van der Waals surface area contributed by atoms with Gasteiger partial charge in [0.2, 0.25) is 0 Å². The molecule has 0 saturated heterocycles. The van der Waals surface area contributed by atoms with Crippen molar-refractivity contribution in [3.63, 3.8) is 0 Å². The van der Waals surface area contributed by atoms with Gasteiger partial charge in [-0.25, -0.2) is 0 Å². The number of rotatable bonds is 17. The Morgan fingerprint density at radius 2 is 1.17 bits per heavy atom. The van der Waals surface area contributed by atoms with E-state index in [4.69, 9.17) is 11.5 Å². The first kappa shape index (κ1) is 22.0. The Hall–Kier alpha value is -1.00. The summed E-state index contributed by atoms with van der Waals surface area (Å²) in [6.07, 6.45) is 18.7. The summed E-state index contributed by atoms with van der Waals surface area (Å²) < 4.78 is 0. The highest BCUT2D eigenvalue weighted by atomic mass is 15.1. The van der Waals surface area contributed by atoms with E-state index in [1.165, 1.54) is 51.4 Å². The smallest absolute Gasteiger partial charge is 0.0219 e. The first-order valence-corrected chi connectivity index (χ1v) is 9.41. The van der Waals surface area contributed by atoms with Gasteiger partial charge in [0.1, 0.15) is 0 Å². The van der Waals surface area contributed by atoms with Crippen LogP contribution in [0.2, 0.25) is 0 Å². The molecule has 0 atom stereocenters. The van der Waals surface area contributed by atoms with Gasteiger partial charge < -0.3 is 21.3 Å². The fraction of sp³-hybridized carbons (Fsp3) is 0.789. The Balaban J connectivity index is 3.66. The lowest BCUT2D eigenvalue weighted by atomic mass is 10.1. The highest BCUT2D eigenvalue weighted by Crippen LogP contribution is 2.06. The van der Waals surface area contributed by atoms with Crippen molar-refractivity contribution in [2.75, 3.05) is 33.2 Å². The van der Waals surface area contributed by atoms with E-state index in [9.17, 15) is 0 Å². The van der Waals surface area contributed by atoms with Crippen molar-refractivity contribution < 1.29 is 0 Å². The zero-order chi connectivity index (χ0) is 17.2. The Bertz CT molecular complexity index is 279. The second kappa shape index (κ2) is 17.4. The molecule has 0 aromatic carbocycles. The third kappa shape index (κ3) is 15.7. The van der Waals surface area contributed by atoms with Gasteiger partial charge in [-0.1, -0.05) is 45.1 Å². The van der Waals surface area contributed by atoms with Crippen molar-refractivity contribution in [3.05, 3.63) is 25.2 Å². The maximum atomic E-state index is 5.51. The Morgan fingerprint density at radius 1 is 0.696 bits per heavy atom. The zero-order valence-corrected chi connectivity index (χ0v) is 15.4. The second-order valence-corrected chi connectivity index (χ2v) is 6.31. The van der Waals surface area contributed by atoms with Gasteiger partial charge in [0, 0.05) is 32.5 Å². The molecule has 0 amide bonds. The lowest BCUT2D eigenvalue weighted by Crippen LogP contribution is -2.16. The summed E-state index contributed by atoms with van der Waals surface area (Å²) in [6, 6.07) is 0. The van der Waals surface area contributed by atoms with E-state index in [0.717, 1.165) is 39.0 Å². The summed E-state index contributed by atoms with van der Waals surface area (Å²) in [7, 11) is 2.14. The largest absolute Gasteiger partial charge is 0.379 e. The predicted molar refractivity (Wildman–Crippen MR) is 103 cm³/mol. The highest BCUT2D eigenvalue weighted by molar-refractivity contribution is 4.87. The number of nitrogens with two attached hydrogens (primary N) is 2. The minimum Gasteiger partial charge on any atom is -0.379 e. The molecule has 4 heteroatoms. The molecule has 0 fully saturated rings. The van der Waals surface area contributed by atoms with Crippen LogP contribution in [0, 0.1) is 0 Å². The van der Waals surface area contributed by atoms with Crippen LogP contribution in [0.3, 0.4) is 0 Å². The third-order valence-electron chi connectivity index (χ3n) is 4.08. The van der Waals surface area contributed by atoms with Crippen molar-refractivity contribution in [1.29, 1.82) is 0 Å². The molecule has 0 aliphatic heterocycles. The molecule has 0 saturated carbocycles. The lowest BCUT2D eigenvalue weighted by molar-refractivity contribution is 0.409. The van der Waals surface area contributed by atoms with E-state index >= 15 is 0 Å².